The standard InChI is InChI=1S/C56H45BN2OS/c1-5-6-18-41-47(29-30-53-54(41)42-21-12-15-24-52(42)61-53)59-48-28-25-36(35-16-8-7-9-17-35)31-44(48)57-43-27-26-38(58-45-22-13-10-19-39(45)40-20-11-14-23-46(40)58)34-50(43)60-51-33-37(56(2,3)4)32-49(59)55(51)57/h7-17,19-34H,5-6,18H2,1-4H3. The van der Waals surface area contributed by atoms with Crippen LogP contribution in [0.2, 0.25) is 0 Å². The Morgan fingerprint density at radius 2 is 1.28 bits per heavy atom. The van der Waals surface area contributed by atoms with E-state index in [9.17, 15) is 0 Å². The highest BCUT2D eigenvalue weighted by Gasteiger charge is 2.43. The molecular formula is C56H45BN2OS. The highest BCUT2D eigenvalue weighted by Crippen LogP contribution is 2.48. The highest BCUT2D eigenvalue weighted by atomic mass is 32.1. The van der Waals surface area contributed by atoms with Gasteiger partial charge in [0.05, 0.1) is 11.0 Å². The predicted molar refractivity (Wildman–Crippen MR) is 262 cm³/mol. The second-order valence-electron chi connectivity index (χ2n) is 17.9. The van der Waals surface area contributed by atoms with Crippen molar-refractivity contribution in [3.05, 3.63) is 175 Å². The molecule has 61 heavy (non-hydrogen) atoms. The van der Waals surface area contributed by atoms with Gasteiger partial charge in [0.25, 0.3) is 6.71 Å². The lowest BCUT2D eigenvalue weighted by atomic mass is 9.34. The molecule has 3 nitrogen and oxygen atoms in total. The zero-order valence-electron chi connectivity index (χ0n) is 35.0. The van der Waals surface area contributed by atoms with Crippen LogP contribution in [-0.4, -0.2) is 11.3 Å². The molecule has 10 aromatic rings. The Hall–Kier alpha value is -6.56. The van der Waals surface area contributed by atoms with Gasteiger partial charge in [-0.15, -0.1) is 11.3 Å². The van der Waals surface area contributed by atoms with E-state index < -0.39 is 0 Å². The monoisotopic (exact) mass is 804 g/mol. The van der Waals surface area contributed by atoms with Gasteiger partial charge in [-0.3, -0.25) is 0 Å². The fourth-order valence-corrected chi connectivity index (χ4v) is 11.4. The Labute approximate surface area is 361 Å². The number of hydrogen-bond donors (Lipinski definition) is 0. The average molecular weight is 805 g/mol. The van der Waals surface area contributed by atoms with Crippen LogP contribution in [0.3, 0.4) is 0 Å². The fraction of sp³-hybridized carbons (Fsp3) is 0.143. The minimum atomic E-state index is -0.114. The molecule has 5 heteroatoms. The molecule has 0 aliphatic carbocycles. The van der Waals surface area contributed by atoms with Crippen LogP contribution in [0.1, 0.15) is 51.7 Å². The number of benzene rings is 8. The first-order valence-corrected chi connectivity index (χ1v) is 22.6. The van der Waals surface area contributed by atoms with Crippen molar-refractivity contribution in [1.82, 2.24) is 4.57 Å². The minimum Gasteiger partial charge on any atom is -0.458 e. The van der Waals surface area contributed by atoms with E-state index in [4.69, 9.17) is 4.74 Å². The summed E-state index contributed by atoms with van der Waals surface area (Å²) in [6.45, 7) is 9.23. The lowest BCUT2D eigenvalue weighted by Gasteiger charge is -2.42. The average Bonchev–Trinajstić information content (AvgIpc) is 3.84. The molecule has 4 heterocycles. The summed E-state index contributed by atoms with van der Waals surface area (Å²) in [5, 5.41) is 5.26. The second-order valence-corrected chi connectivity index (χ2v) is 19.0. The van der Waals surface area contributed by atoms with Crippen molar-refractivity contribution < 1.29 is 4.74 Å². The summed E-state index contributed by atoms with van der Waals surface area (Å²) in [5.41, 5.74) is 15.9. The summed E-state index contributed by atoms with van der Waals surface area (Å²) in [6, 6.07) is 61.0. The number of anilines is 3. The molecule has 0 fully saturated rings. The van der Waals surface area contributed by atoms with Crippen molar-refractivity contribution in [3.63, 3.8) is 0 Å². The van der Waals surface area contributed by atoms with E-state index in [1.54, 1.807) is 0 Å². The predicted octanol–water partition coefficient (Wildman–Crippen LogP) is 13.9. The van der Waals surface area contributed by atoms with Gasteiger partial charge < -0.3 is 14.2 Å². The van der Waals surface area contributed by atoms with Crippen LogP contribution in [0.5, 0.6) is 11.5 Å². The molecule has 0 amide bonds. The Kier molecular flexibility index (Phi) is 8.18. The highest BCUT2D eigenvalue weighted by molar-refractivity contribution is 7.25. The Morgan fingerprint density at radius 3 is 2.03 bits per heavy atom. The van der Waals surface area contributed by atoms with E-state index in [1.165, 1.54) is 97.7 Å². The molecule has 0 radical (unpaired) electrons. The second kappa shape index (κ2) is 13.7. The topological polar surface area (TPSA) is 17.4 Å². The van der Waals surface area contributed by atoms with Gasteiger partial charge in [0, 0.05) is 59.8 Å². The maximum Gasteiger partial charge on any atom is 0.256 e. The third-order valence-corrected chi connectivity index (χ3v) is 14.4. The van der Waals surface area contributed by atoms with Crippen LogP contribution in [0.4, 0.5) is 17.1 Å². The molecule has 0 unspecified atom stereocenters. The largest absolute Gasteiger partial charge is 0.458 e. The number of hydrogen-bond acceptors (Lipinski definition) is 3. The number of rotatable bonds is 6. The third-order valence-electron chi connectivity index (χ3n) is 13.2. The van der Waals surface area contributed by atoms with Gasteiger partial charge in [-0.2, -0.15) is 0 Å². The SMILES string of the molecule is CCCCc1c(N2c3ccc(-c4ccccc4)cc3B3c4ccc(-n5c6ccccc6c6ccccc65)cc4Oc4cc(C(C)(C)C)cc2c43)ccc2sc3ccccc3c12. The molecule has 0 saturated carbocycles. The molecule has 0 bridgehead atoms. The van der Waals surface area contributed by atoms with Gasteiger partial charge in [-0.1, -0.05) is 137 Å². The zero-order valence-corrected chi connectivity index (χ0v) is 35.8. The molecule has 0 saturated heterocycles. The quantitative estimate of drug-likeness (QED) is 0.156. The van der Waals surface area contributed by atoms with Gasteiger partial charge in [0.15, 0.2) is 0 Å². The molecule has 2 aliphatic rings. The van der Waals surface area contributed by atoms with Crippen molar-refractivity contribution in [1.29, 1.82) is 0 Å². The lowest BCUT2D eigenvalue weighted by molar-refractivity contribution is 0.483. The molecule has 0 N–H and O–H groups in total. The van der Waals surface area contributed by atoms with Crippen LogP contribution in [0.15, 0.2) is 164 Å². The number of thiophene rings is 1. The van der Waals surface area contributed by atoms with Crippen molar-refractivity contribution in [2.75, 3.05) is 4.90 Å². The molecule has 2 aliphatic heterocycles. The summed E-state index contributed by atoms with van der Waals surface area (Å²) in [5.74, 6) is 1.85. The molecule has 12 rings (SSSR count). The number of unbranched alkanes of at least 4 members (excludes halogenated alkanes) is 1. The summed E-state index contributed by atoms with van der Waals surface area (Å²) in [7, 11) is 0. The number of aromatic nitrogens is 1. The van der Waals surface area contributed by atoms with Gasteiger partial charge >= 0.3 is 0 Å². The van der Waals surface area contributed by atoms with E-state index in [0.717, 1.165) is 36.4 Å². The van der Waals surface area contributed by atoms with Crippen LogP contribution < -0.4 is 26.0 Å². The number of fused-ring (bicyclic) bond motifs is 10. The molecular weight excluding hydrogens is 760 g/mol. The first-order valence-electron chi connectivity index (χ1n) is 21.8. The summed E-state index contributed by atoms with van der Waals surface area (Å²) < 4.78 is 12.4. The number of aryl methyl sites for hydroxylation is 1. The van der Waals surface area contributed by atoms with Crippen molar-refractivity contribution in [3.8, 4) is 28.3 Å². The maximum atomic E-state index is 7.31. The van der Waals surface area contributed by atoms with Gasteiger partial charge in [-0.25, -0.2) is 0 Å². The van der Waals surface area contributed by atoms with E-state index in [1.807, 2.05) is 11.3 Å². The van der Waals surface area contributed by atoms with Gasteiger partial charge in [-0.05, 0) is 111 Å². The molecule has 294 valence electrons. The minimum absolute atomic E-state index is 0.0327. The third kappa shape index (κ3) is 5.56. The fourth-order valence-electron chi connectivity index (χ4n) is 10.3. The van der Waals surface area contributed by atoms with E-state index in [-0.39, 0.29) is 12.1 Å². The summed E-state index contributed by atoms with van der Waals surface area (Å²) in [6.07, 6.45) is 3.26. The number of ether oxygens (including phenoxy) is 1. The molecule has 2 aromatic heterocycles. The normalized spacial score (nSPS) is 13.2. The number of para-hydroxylation sites is 2. The van der Waals surface area contributed by atoms with Crippen molar-refractivity contribution in [2.24, 2.45) is 0 Å². The Bertz CT molecular complexity index is 3340. The van der Waals surface area contributed by atoms with Crippen LogP contribution in [-0.2, 0) is 11.8 Å². The smallest absolute Gasteiger partial charge is 0.256 e. The van der Waals surface area contributed by atoms with E-state index >= 15 is 0 Å². The first-order chi connectivity index (χ1) is 29.9. The van der Waals surface area contributed by atoms with Gasteiger partial charge in [0.2, 0.25) is 0 Å². The molecule has 0 spiro atoms. The first kappa shape index (κ1) is 36.3. The molecule has 0 atom stereocenters. The van der Waals surface area contributed by atoms with Crippen molar-refractivity contribution in [2.45, 2.75) is 52.4 Å². The summed E-state index contributed by atoms with van der Waals surface area (Å²) in [4.78, 5) is 2.60. The zero-order chi connectivity index (χ0) is 41.0. The van der Waals surface area contributed by atoms with Crippen LogP contribution in [0, 0.1) is 0 Å². The van der Waals surface area contributed by atoms with Crippen molar-refractivity contribution >= 4 is 93.5 Å². The number of nitrogens with zero attached hydrogens (tertiary/aromatic N) is 2. The maximum absolute atomic E-state index is 7.31. The Morgan fingerprint density at radius 1 is 0.574 bits per heavy atom. The lowest BCUT2D eigenvalue weighted by Crippen LogP contribution is -2.59. The van der Waals surface area contributed by atoms with Gasteiger partial charge in [0.1, 0.15) is 11.5 Å². The van der Waals surface area contributed by atoms with Crippen LogP contribution in [0.25, 0.3) is 58.8 Å². The summed E-state index contributed by atoms with van der Waals surface area (Å²) >= 11 is 1.91. The molecule has 8 aromatic carbocycles. The van der Waals surface area contributed by atoms with E-state index in [2.05, 4.69) is 201 Å². The van der Waals surface area contributed by atoms with E-state index in [0.29, 0.717) is 0 Å². The Balaban J connectivity index is 1.14. The van der Waals surface area contributed by atoms with Crippen LogP contribution >= 0.6 is 11.3 Å².